The van der Waals surface area contributed by atoms with Gasteiger partial charge in [-0.25, -0.2) is 4.39 Å². The number of piperidine rings is 1. The van der Waals surface area contributed by atoms with Gasteiger partial charge in [-0.15, -0.1) is 0 Å². The van der Waals surface area contributed by atoms with Crippen LogP contribution in [0.1, 0.15) is 23.7 Å². The van der Waals surface area contributed by atoms with Crippen LogP contribution in [0.2, 0.25) is 0 Å². The van der Waals surface area contributed by atoms with Crippen LogP contribution in [0.25, 0.3) is 0 Å². The SMILES string of the molecule is [2H]C1([2H])NC([2H])(F)C([2H])(O)C([2H])([2H])C1([2H])[2H]. The van der Waals surface area contributed by atoms with E-state index in [0.29, 0.717) is 0 Å². The van der Waals surface area contributed by atoms with Gasteiger partial charge in [-0.1, -0.05) is 0 Å². The first-order chi connectivity index (χ1) is 6.71. The average Bonchev–Trinajstić information content (AvgIpc) is 1.98. The largest absolute Gasteiger partial charge is 0.389 e. The molecule has 0 aromatic heterocycles. The van der Waals surface area contributed by atoms with Gasteiger partial charge in [0, 0.05) is 8.22 Å². The highest BCUT2D eigenvalue weighted by molar-refractivity contribution is 4.71. The number of alkyl halides is 1. The fraction of sp³-hybridized carbons (Fsp3) is 1.00. The summed E-state index contributed by atoms with van der Waals surface area (Å²) in [5.41, 5.74) is 0. The van der Waals surface area contributed by atoms with Gasteiger partial charge in [0.1, 0.15) is 0 Å². The monoisotopic (exact) mass is 127 g/mol. The maximum absolute atomic E-state index is 13.5. The highest BCUT2D eigenvalue weighted by atomic mass is 19.1. The molecule has 0 bridgehead atoms. The lowest BCUT2D eigenvalue weighted by atomic mass is 10.1. The van der Waals surface area contributed by atoms with Crippen LogP contribution in [0.15, 0.2) is 0 Å². The molecule has 1 aliphatic heterocycles. The van der Waals surface area contributed by atoms with Crippen molar-refractivity contribution in [2.75, 3.05) is 6.50 Å². The van der Waals surface area contributed by atoms with E-state index >= 15 is 0 Å². The lowest BCUT2D eigenvalue weighted by Gasteiger charge is -2.21. The van der Waals surface area contributed by atoms with Gasteiger partial charge < -0.3 is 5.11 Å². The number of nitrogens with one attached hydrogen (secondary N) is 1. The summed E-state index contributed by atoms with van der Waals surface area (Å²) < 4.78 is 70.2. The molecule has 1 saturated heterocycles. The summed E-state index contributed by atoms with van der Waals surface area (Å²) >= 11 is 0. The Morgan fingerprint density at radius 3 is 3.50 bits per heavy atom. The van der Waals surface area contributed by atoms with Crippen LogP contribution >= 0.6 is 0 Å². The van der Waals surface area contributed by atoms with Crippen LogP contribution in [-0.2, 0) is 0 Å². The van der Waals surface area contributed by atoms with E-state index in [0.717, 1.165) is 5.32 Å². The van der Waals surface area contributed by atoms with Crippen LogP contribution in [0.3, 0.4) is 0 Å². The van der Waals surface area contributed by atoms with Crippen LogP contribution in [0.5, 0.6) is 0 Å². The molecule has 1 heterocycles. The van der Waals surface area contributed by atoms with Gasteiger partial charge in [0.05, 0.1) is 8.82 Å². The van der Waals surface area contributed by atoms with Gasteiger partial charge in [-0.05, 0) is 19.2 Å². The molecule has 0 spiro atoms. The third-order valence-corrected chi connectivity index (χ3v) is 0.624. The summed E-state index contributed by atoms with van der Waals surface area (Å²) in [6.45, 7) is -3.24. The summed E-state index contributed by atoms with van der Waals surface area (Å²) in [4.78, 5) is 0. The minimum Gasteiger partial charge on any atom is -0.389 e. The van der Waals surface area contributed by atoms with E-state index in [-0.39, 0.29) is 0 Å². The Bertz CT molecular complexity index is 288. The Balaban J connectivity index is 3.43. The molecule has 8 heavy (non-hydrogen) atoms. The van der Waals surface area contributed by atoms with E-state index < -0.39 is 31.6 Å². The topological polar surface area (TPSA) is 32.3 Å². The van der Waals surface area contributed by atoms with E-state index in [1.807, 2.05) is 0 Å². The summed E-state index contributed by atoms with van der Waals surface area (Å²) in [7, 11) is 0. The van der Waals surface area contributed by atoms with Crippen LogP contribution in [-0.4, -0.2) is 24.0 Å². The summed E-state index contributed by atoms with van der Waals surface area (Å²) in [5, 5.41) is 10.4. The zero-order chi connectivity index (χ0) is 13.2. The fourth-order valence-electron chi connectivity index (χ4n) is 0.291. The lowest BCUT2D eigenvalue weighted by molar-refractivity contribution is 0.0313. The molecular weight excluding hydrogens is 109 g/mol. The first-order valence-electron chi connectivity index (χ1n) is 5.91. The second-order valence-electron chi connectivity index (χ2n) is 1.16. The minimum absolute atomic E-state index is 1.15. The highest BCUT2D eigenvalue weighted by Crippen LogP contribution is 2.07. The van der Waals surface area contributed by atoms with Crippen molar-refractivity contribution in [3.8, 4) is 0 Å². The maximum atomic E-state index is 13.5. The molecule has 0 amide bonds. The Hall–Kier alpha value is -0.150. The van der Waals surface area contributed by atoms with Crippen molar-refractivity contribution in [3.63, 3.8) is 0 Å². The lowest BCUT2D eigenvalue weighted by Crippen LogP contribution is -2.41. The molecule has 1 fully saturated rings. The Labute approximate surface area is 58.9 Å². The van der Waals surface area contributed by atoms with Crippen molar-refractivity contribution in [2.24, 2.45) is 0 Å². The van der Waals surface area contributed by atoms with Gasteiger partial charge in [-0.2, -0.15) is 0 Å². The van der Waals surface area contributed by atoms with Gasteiger partial charge in [-0.3, -0.25) is 5.32 Å². The molecule has 2 atom stereocenters. The van der Waals surface area contributed by atoms with Crippen molar-refractivity contribution < 1.29 is 20.5 Å². The van der Waals surface area contributed by atoms with Gasteiger partial charge >= 0.3 is 0 Å². The molecule has 1 rings (SSSR count). The van der Waals surface area contributed by atoms with Gasteiger partial charge in [0.15, 0.2) is 6.27 Å². The fourth-order valence-corrected chi connectivity index (χ4v) is 0.291. The number of aliphatic hydroxyl groups is 1. The maximum Gasteiger partial charge on any atom is 0.177 e. The molecule has 2 unspecified atom stereocenters. The number of hydrogen-bond acceptors (Lipinski definition) is 2. The zero-order valence-electron chi connectivity index (χ0n) is 11.8. The van der Waals surface area contributed by atoms with Crippen LogP contribution < -0.4 is 5.32 Å². The van der Waals surface area contributed by atoms with Crippen molar-refractivity contribution in [3.05, 3.63) is 0 Å². The molecule has 0 saturated carbocycles. The molecule has 2 nitrogen and oxygen atoms in total. The molecule has 48 valence electrons. The second-order valence-corrected chi connectivity index (χ2v) is 1.16. The van der Waals surface area contributed by atoms with E-state index in [9.17, 15) is 9.50 Å². The quantitative estimate of drug-likeness (QED) is 0.450. The smallest absolute Gasteiger partial charge is 0.177 e. The third-order valence-electron chi connectivity index (χ3n) is 0.624. The molecule has 2 N–H and O–H groups in total. The molecule has 0 aromatic rings. The minimum atomic E-state index is -3.87. The van der Waals surface area contributed by atoms with Gasteiger partial charge in [0.25, 0.3) is 0 Å². The van der Waals surface area contributed by atoms with E-state index in [2.05, 4.69) is 0 Å². The van der Waals surface area contributed by atoms with E-state index in [4.69, 9.17) is 11.0 Å². The third kappa shape index (κ3) is 1.17. The predicted octanol–water partition coefficient (Wildman–Crippen LogP) is 0.0263. The summed E-state index contributed by atoms with van der Waals surface area (Å²) in [6, 6.07) is 0. The number of halogens is 1. The van der Waals surface area contributed by atoms with Crippen molar-refractivity contribution in [1.29, 1.82) is 0 Å². The van der Waals surface area contributed by atoms with E-state index in [1.165, 1.54) is 0 Å². The highest BCUT2D eigenvalue weighted by Gasteiger charge is 2.20. The standard InChI is InChI=1S/C5H10FNO/c6-5-4(8)2-1-3-7-5/h4-5,7-8H,1-3H2/i1D2,2D2,3D2,4D,5D. The number of hydrogen-bond donors (Lipinski definition) is 2. The first kappa shape index (κ1) is 1.47. The molecular formula is C5H10FNO. The molecule has 0 aliphatic carbocycles. The normalized spacial score (nSPS) is 91.8. The Morgan fingerprint density at radius 2 is 2.75 bits per heavy atom. The zero-order valence-corrected chi connectivity index (χ0v) is 3.83. The summed E-state index contributed by atoms with van der Waals surface area (Å²) in [6.07, 6.45) is -14.6. The summed E-state index contributed by atoms with van der Waals surface area (Å²) in [5.74, 6) is 0. The molecule has 3 heteroatoms. The van der Waals surface area contributed by atoms with Crippen LogP contribution in [0.4, 0.5) is 4.39 Å². The number of rotatable bonds is 0. The predicted molar refractivity (Wildman–Crippen MR) is 28.1 cm³/mol. The van der Waals surface area contributed by atoms with Crippen molar-refractivity contribution >= 4 is 0 Å². The van der Waals surface area contributed by atoms with Gasteiger partial charge in [0.2, 0.25) is 0 Å². The Kier molecular flexibility index (Phi) is 0.443. The first-order valence-corrected chi connectivity index (χ1v) is 1.91. The second kappa shape index (κ2) is 2.42. The van der Waals surface area contributed by atoms with Crippen molar-refractivity contribution in [2.45, 2.75) is 25.1 Å². The molecule has 0 radical (unpaired) electrons. The Morgan fingerprint density at radius 1 is 2.00 bits per heavy atom. The van der Waals surface area contributed by atoms with Crippen molar-refractivity contribution in [1.82, 2.24) is 5.32 Å². The van der Waals surface area contributed by atoms with Crippen LogP contribution in [0, 0.1) is 0 Å². The molecule has 0 aromatic carbocycles. The average molecular weight is 127 g/mol. The molecule has 1 aliphatic rings. The van der Waals surface area contributed by atoms with E-state index in [1.54, 1.807) is 0 Å².